The fourth-order valence-electron chi connectivity index (χ4n) is 5.80. The molecule has 2 fully saturated rings. The van der Waals surface area contributed by atoms with Crippen molar-refractivity contribution >= 4 is 46.5 Å². The highest BCUT2D eigenvalue weighted by Gasteiger charge is 2.57. The topological polar surface area (TPSA) is 99.9 Å². The number of aromatic nitrogens is 1. The molecule has 1 N–H and O–H groups in total. The van der Waals surface area contributed by atoms with Gasteiger partial charge in [-0.1, -0.05) is 47.4 Å². The van der Waals surface area contributed by atoms with Gasteiger partial charge in [0.05, 0.1) is 22.2 Å². The molecule has 3 atom stereocenters. The summed E-state index contributed by atoms with van der Waals surface area (Å²) in [4.78, 5) is 56.4. The standard InChI is InChI=1S/C28H24F3N3O5S2/c29-28(30,31)15-7-6-8-16(13-15)34-24(37)21-20(17-9-2-3-10-18(17)35)23-26(40-22(21)25(34)38)33(27(39)41-23)14-19(36)32-11-4-1-5-12-32/h2-3,6-10,13,20-22,35H,1,4-5,11-12,14H2/t20-,21+,22-/m0/s1. The molecule has 8 nitrogen and oxygen atoms in total. The van der Waals surface area contributed by atoms with Crippen LogP contribution in [0.3, 0.4) is 0 Å². The number of anilines is 1. The molecule has 2 saturated heterocycles. The van der Waals surface area contributed by atoms with E-state index in [2.05, 4.69) is 0 Å². The Morgan fingerprint density at radius 2 is 1.71 bits per heavy atom. The van der Waals surface area contributed by atoms with Crippen LogP contribution in [0.1, 0.15) is 41.2 Å². The fraction of sp³-hybridized carbons (Fsp3) is 0.357. The summed E-state index contributed by atoms with van der Waals surface area (Å²) in [6, 6.07) is 10.3. The molecule has 3 aliphatic heterocycles. The first-order valence-corrected chi connectivity index (χ1v) is 14.8. The number of thioether (sulfide) groups is 1. The summed E-state index contributed by atoms with van der Waals surface area (Å²) in [7, 11) is 0. The second-order valence-electron chi connectivity index (χ2n) is 10.2. The molecule has 1 aromatic heterocycles. The van der Waals surface area contributed by atoms with Crippen LogP contribution in [0.2, 0.25) is 0 Å². The van der Waals surface area contributed by atoms with Crippen molar-refractivity contribution in [3.05, 3.63) is 74.2 Å². The average Bonchev–Trinajstić information content (AvgIpc) is 3.39. The number of aromatic hydroxyl groups is 1. The molecular weight excluding hydrogens is 579 g/mol. The number of likely N-dealkylation sites (tertiary alicyclic amines) is 1. The van der Waals surface area contributed by atoms with Crippen LogP contribution in [0.4, 0.5) is 18.9 Å². The Hall–Kier alpha value is -3.58. The molecule has 0 bridgehead atoms. The van der Waals surface area contributed by atoms with Gasteiger partial charge in [-0.25, -0.2) is 4.90 Å². The monoisotopic (exact) mass is 603 g/mol. The number of carbonyl (C=O) groups is 3. The maximum absolute atomic E-state index is 13.9. The molecule has 0 unspecified atom stereocenters. The Bertz CT molecular complexity index is 1610. The van der Waals surface area contributed by atoms with Crippen molar-refractivity contribution < 1.29 is 32.7 Å². The van der Waals surface area contributed by atoms with E-state index in [0.717, 1.165) is 65.5 Å². The van der Waals surface area contributed by atoms with Gasteiger partial charge in [-0.15, -0.1) is 0 Å². The molecule has 6 rings (SSSR count). The lowest BCUT2D eigenvalue weighted by Gasteiger charge is -2.31. The normalized spacial score (nSPS) is 22.6. The molecule has 3 aromatic rings. The Morgan fingerprint density at radius 3 is 2.41 bits per heavy atom. The molecule has 0 aliphatic carbocycles. The Morgan fingerprint density at radius 1 is 0.976 bits per heavy atom. The van der Waals surface area contributed by atoms with Crippen molar-refractivity contribution in [1.82, 2.24) is 9.47 Å². The molecule has 0 saturated carbocycles. The van der Waals surface area contributed by atoms with E-state index in [1.807, 2.05) is 0 Å². The van der Waals surface area contributed by atoms with Crippen molar-refractivity contribution in [3.8, 4) is 5.75 Å². The van der Waals surface area contributed by atoms with Crippen molar-refractivity contribution in [3.63, 3.8) is 0 Å². The van der Waals surface area contributed by atoms with Gasteiger partial charge in [0.25, 0.3) is 0 Å². The lowest BCUT2D eigenvalue weighted by Crippen LogP contribution is -2.39. The lowest BCUT2D eigenvalue weighted by molar-refractivity contribution is -0.137. The molecule has 3 amide bonds. The number of carbonyl (C=O) groups excluding carboxylic acids is 3. The number of hydrogen-bond donors (Lipinski definition) is 1. The number of hydrogen-bond acceptors (Lipinski definition) is 7. The molecule has 3 aliphatic rings. The zero-order valence-corrected chi connectivity index (χ0v) is 23.1. The van der Waals surface area contributed by atoms with E-state index in [4.69, 9.17) is 0 Å². The number of imide groups is 1. The van der Waals surface area contributed by atoms with Crippen LogP contribution in [0.5, 0.6) is 5.75 Å². The lowest BCUT2D eigenvalue weighted by atomic mass is 9.82. The largest absolute Gasteiger partial charge is 0.508 e. The van der Waals surface area contributed by atoms with E-state index in [1.165, 1.54) is 16.7 Å². The Kier molecular flexibility index (Phi) is 6.97. The summed E-state index contributed by atoms with van der Waals surface area (Å²) >= 11 is 1.82. The zero-order valence-electron chi connectivity index (χ0n) is 21.5. The van der Waals surface area contributed by atoms with E-state index in [-0.39, 0.29) is 23.9 Å². The van der Waals surface area contributed by atoms with Gasteiger partial charge in [-0.3, -0.25) is 23.7 Å². The van der Waals surface area contributed by atoms with Gasteiger partial charge in [0.2, 0.25) is 17.7 Å². The van der Waals surface area contributed by atoms with E-state index < -0.39 is 45.5 Å². The number of para-hydroxylation sites is 1. The molecule has 41 heavy (non-hydrogen) atoms. The first-order chi connectivity index (χ1) is 19.6. The summed E-state index contributed by atoms with van der Waals surface area (Å²) in [5, 5.41) is 10.0. The van der Waals surface area contributed by atoms with Crippen LogP contribution in [0, 0.1) is 5.92 Å². The number of piperidine rings is 1. The van der Waals surface area contributed by atoms with Crippen LogP contribution in [0.15, 0.2) is 58.4 Å². The van der Waals surface area contributed by atoms with Gasteiger partial charge < -0.3 is 10.0 Å². The minimum atomic E-state index is -4.68. The smallest absolute Gasteiger partial charge is 0.416 e. The molecular formula is C28H24F3N3O5S2. The van der Waals surface area contributed by atoms with Gasteiger partial charge in [0.1, 0.15) is 17.5 Å². The number of fused-ring (bicyclic) bond motifs is 2. The zero-order chi connectivity index (χ0) is 29.1. The third-order valence-corrected chi connectivity index (χ3v) is 10.4. The van der Waals surface area contributed by atoms with Gasteiger partial charge in [-0.05, 0) is 43.5 Å². The Labute approximate surface area is 240 Å². The minimum absolute atomic E-state index is 0.149. The van der Waals surface area contributed by atoms with Crippen LogP contribution in [0.25, 0.3) is 0 Å². The van der Waals surface area contributed by atoms with Crippen molar-refractivity contribution in [2.24, 2.45) is 5.92 Å². The molecule has 214 valence electrons. The first kappa shape index (κ1) is 27.6. The quantitative estimate of drug-likeness (QED) is 0.443. The SMILES string of the molecule is O=C(Cn1c2c(sc1=O)[C@@H](c1ccccc1O)[C@H]1C(=O)N(c3cccc(C(F)(F)F)c3)C(=O)[C@H]1S2)N1CCCCC1. The maximum atomic E-state index is 13.9. The molecule has 0 spiro atoms. The molecule has 2 aromatic carbocycles. The predicted molar refractivity (Wildman–Crippen MR) is 146 cm³/mol. The number of amides is 3. The summed E-state index contributed by atoms with van der Waals surface area (Å²) < 4.78 is 41.7. The Balaban J connectivity index is 1.44. The fourth-order valence-corrected chi connectivity index (χ4v) is 8.56. The van der Waals surface area contributed by atoms with Gasteiger partial charge in [0.15, 0.2) is 0 Å². The summed E-state index contributed by atoms with van der Waals surface area (Å²) in [5.41, 5.74) is -0.895. The first-order valence-electron chi connectivity index (χ1n) is 13.1. The summed E-state index contributed by atoms with van der Waals surface area (Å²) in [6.45, 7) is 0.955. The number of nitrogens with zero attached hydrogens (tertiary/aromatic N) is 3. The maximum Gasteiger partial charge on any atom is 0.416 e. The second-order valence-corrected chi connectivity index (χ2v) is 12.3. The number of phenols is 1. The van der Waals surface area contributed by atoms with Gasteiger partial charge in [0, 0.05) is 29.4 Å². The van der Waals surface area contributed by atoms with E-state index in [0.29, 0.717) is 28.6 Å². The third-order valence-electron chi connectivity index (χ3n) is 7.75. The van der Waals surface area contributed by atoms with Crippen molar-refractivity contribution in [2.75, 3.05) is 18.0 Å². The number of phenolic OH excluding ortho intramolecular Hbond substituents is 1. The van der Waals surface area contributed by atoms with Crippen LogP contribution >= 0.6 is 23.1 Å². The summed E-state index contributed by atoms with van der Waals surface area (Å²) in [5.74, 6) is -3.83. The van der Waals surface area contributed by atoms with Crippen LogP contribution in [-0.4, -0.2) is 50.6 Å². The highest BCUT2D eigenvalue weighted by molar-refractivity contribution is 8.00. The molecule has 4 heterocycles. The number of alkyl halides is 3. The van der Waals surface area contributed by atoms with Crippen LogP contribution in [-0.2, 0) is 27.1 Å². The second kappa shape index (κ2) is 10.4. The minimum Gasteiger partial charge on any atom is -0.508 e. The van der Waals surface area contributed by atoms with E-state index in [1.54, 1.807) is 23.1 Å². The number of rotatable bonds is 4. The number of benzene rings is 2. The van der Waals surface area contributed by atoms with E-state index >= 15 is 0 Å². The van der Waals surface area contributed by atoms with Crippen molar-refractivity contribution in [2.45, 2.75) is 48.2 Å². The third kappa shape index (κ3) is 4.74. The van der Waals surface area contributed by atoms with Crippen LogP contribution < -0.4 is 9.77 Å². The van der Waals surface area contributed by atoms with E-state index in [9.17, 15) is 37.5 Å². The highest BCUT2D eigenvalue weighted by atomic mass is 32.2. The molecule has 13 heteroatoms. The average molecular weight is 604 g/mol. The van der Waals surface area contributed by atoms with Gasteiger partial charge in [-0.2, -0.15) is 13.2 Å². The molecule has 0 radical (unpaired) electrons. The number of halogens is 3. The predicted octanol–water partition coefficient (Wildman–Crippen LogP) is 4.44. The summed E-state index contributed by atoms with van der Waals surface area (Å²) in [6.07, 6.45) is -1.91. The van der Waals surface area contributed by atoms with Gasteiger partial charge >= 0.3 is 11.0 Å². The highest BCUT2D eigenvalue weighted by Crippen LogP contribution is 2.55. The van der Waals surface area contributed by atoms with Crippen molar-refractivity contribution in [1.29, 1.82) is 0 Å². The number of thiazole rings is 1.